The zero-order valence-electron chi connectivity index (χ0n) is 11.1. The molecule has 0 radical (unpaired) electrons. The third-order valence-corrected chi connectivity index (χ3v) is 3.16. The largest absolute Gasteiger partial charge is 0.478 e. The molecule has 100 valence electrons. The van der Waals surface area contributed by atoms with Crippen LogP contribution in [0.3, 0.4) is 0 Å². The van der Waals surface area contributed by atoms with Gasteiger partial charge < -0.3 is 10.4 Å². The molecule has 1 atom stereocenters. The molecule has 0 fully saturated rings. The van der Waals surface area contributed by atoms with Gasteiger partial charge in [-0.1, -0.05) is 26.3 Å². The van der Waals surface area contributed by atoms with Gasteiger partial charge in [-0.2, -0.15) is 0 Å². The van der Waals surface area contributed by atoms with Crippen LogP contribution in [0.4, 0.5) is 5.95 Å². The molecule has 0 bridgehead atoms. The Morgan fingerprint density at radius 3 is 2.95 bits per heavy atom. The average Bonchev–Trinajstić information content (AvgIpc) is 2.43. The molecule has 0 saturated carbocycles. The van der Waals surface area contributed by atoms with Crippen LogP contribution in [0.1, 0.15) is 30.6 Å². The fourth-order valence-corrected chi connectivity index (χ4v) is 1.74. The molecule has 1 heterocycles. The molecular formula is C14H17N3O2. The lowest BCUT2D eigenvalue weighted by Crippen LogP contribution is -2.12. The normalized spacial score (nSPS) is 12.3. The number of nitrogens with one attached hydrogen (secondary N) is 1. The van der Waals surface area contributed by atoms with Crippen molar-refractivity contribution in [3.05, 3.63) is 30.0 Å². The number of carbonyl (C=O) groups is 1. The zero-order valence-corrected chi connectivity index (χ0v) is 11.1. The van der Waals surface area contributed by atoms with Gasteiger partial charge in [0.1, 0.15) is 0 Å². The highest BCUT2D eigenvalue weighted by Crippen LogP contribution is 2.17. The number of rotatable bonds is 5. The number of hydrogen-bond acceptors (Lipinski definition) is 4. The first-order chi connectivity index (χ1) is 9.11. The summed E-state index contributed by atoms with van der Waals surface area (Å²) in [6.45, 7) is 5.09. The van der Waals surface area contributed by atoms with Gasteiger partial charge in [-0.3, -0.25) is 0 Å². The van der Waals surface area contributed by atoms with E-state index in [4.69, 9.17) is 5.11 Å². The van der Waals surface area contributed by atoms with Crippen LogP contribution in [0.25, 0.3) is 10.9 Å². The Bertz CT molecular complexity index is 598. The molecular weight excluding hydrogens is 242 g/mol. The predicted octanol–water partition coefficient (Wildman–Crippen LogP) is 2.79. The van der Waals surface area contributed by atoms with Gasteiger partial charge in [0, 0.05) is 18.1 Å². The predicted molar refractivity (Wildman–Crippen MR) is 74.4 cm³/mol. The maximum absolute atomic E-state index is 11.1. The molecule has 1 unspecified atom stereocenters. The van der Waals surface area contributed by atoms with Crippen LogP contribution in [-0.4, -0.2) is 27.6 Å². The van der Waals surface area contributed by atoms with Crippen LogP contribution < -0.4 is 5.32 Å². The number of carboxylic acids is 1. The van der Waals surface area contributed by atoms with Crippen LogP contribution in [-0.2, 0) is 0 Å². The molecule has 0 spiro atoms. The molecule has 2 rings (SSSR count). The summed E-state index contributed by atoms with van der Waals surface area (Å²) in [7, 11) is 0. The monoisotopic (exact) mass is 259 g/mol. The molecule has 2 aromatic rings. The summed E-state index contributed by atoms with van der Waals surface area (Å²) >= 11 is 0. The third-order valence-electron chi connectivity index (χ3n) is 3.16. The van der Waals surface area contributed by atoms with Crippen molar-refractivity contribution in [3.8, 4) is 0 Å². The van der Waals surface area contributed by atoms with Crippen LogP contribution >= 0.6 is 0 Å². The highest BCUT2D eigenvalue weighted by atomic mass is 16.4. The summed E-state index contributed by atoms with van der Waals surface area (Å²) in [6.07, 6.45) is 2.65. The number of anilines is 1. The van der Waals surface area contributed by atoms with Gasteiger partial charge >= 0.3 is 5.97 Å². The van der Waals surface area contributed by atoms with E-state index in [2.05, 4.69) is 29.1 Å². The van der Waals surface area contributed by atoms with Crippen molar-refractivity contribution in [1.82, 2.24) is 9.97 Å². The van der Waals surface area contributed by atoms with Gasteiger partial charge in [-0.15, -0.1) is 0 Å². The number of benzene rings is 1. The first-order valence-electron chi connectivity index (χ1n) is 6.34. The van der Waals surface area contributed by atoms with Crippen molar-refractivity contribution in [2.45, 2.75) is 20.3 Å². The third kappa shape index (κ3) is 2.99. The molecule has 1 aromatic heterocycles. The lowest BCUT2D eigenvalue weighted by molar-refractivity contribution is 0.0699. The lowest BCUT2D eigenvalue weighted by Gasteiger charge is -2.10. The quantitative estimate of drug-likeness (QED) is 0.863. The molecule has 1 aromatic carbocycles. The molecule has 0 saturated heterocycles. The van der Waals surface area contributed by atoms with Crippen molar-refractivity contribution >= 4 is 22.8 Å². The van der Waals surface area contributed by atoms with E-state index in [0.29, 0.717) is 22.8 Å². The summed E-state index contributed by atoms with van der Waals surface area (Å²) < 4.78 is 0. The van der Waals surface area contributed by atoms with Gasteiger partial charge in [0.2, 0.25) is 5.95 Å². The molecule has 0 aliphatic heterocycles. The number of fused-ring (bicyclic) bond motifs is 1. The summed E-state index contributed by atoms with van der Waals surface area (Å²) in [5, 5.41) is 12.8. The van der Waals surface area contributed by atoms with E-state index in [0.717, 1.165) is 13.0 Å². The second kappa shape index (κ2) is 5.65. The summed E-state index contributed by atoms with van der Waals surface area (Å²) in [6, 6.07) is 5.04. The standard InChI is InChI=1S/C14H17N3O2/c1-3-9(2)7-15-14-16-8-11-10(13(18)19)5-4-6-12(11)17-14/h4-6,8-9H,3,7H2,1-2H3,(H,18,19)(H,15,16,17). The Balaban J connectivity index is 2.29. The summed E-state index contributed by atoms with van der Waals surface area (Å²) in [5.41, 5.74) is 0.868. The SMILES string of the molecule is CCC(C)CNc1ncc2c(C(=O)O)cccc2n1. The lowest BCUT2D eigenvalue weighted by atomic mass is 10.1. The maximum Gasteiger partial charge on any atom is 0.336 e. The number of nitrogens with zero attached hydrogens (tertiary/aromatic N) is 2. The smallest absolute Gasteiger partial charge is 0.336 e. The highest BCUT2D eigenvalue weighted by Gasteiger charge is 2.10. The van der Waals surface area contributed by atoms with Crippen LogP contribution in [0.5, 0.6) is 0 Å². The molecule has 0 amide bonds. The van der Waals surface area contributed by atoms with Gasteiger partial charge in [0.25, 0.3) is 0 Å². The molecule has 0 aliphatic carbocycles. The topological polar surface area (TPSA) is 75.1 Å². The first-order valence-corrected chi connectivity index (χ1v) is 6.34. The number of aromatic carboxylic acids is 1. The van der Waals surface area contributed by atoms with E-state index in [1.807, 2.05) is 0 Å². The fraction of sp³-hybridized carbons (Fsp3) is 0.357. The molecule has 0 aliphatic rings. The Hall–Kier alpha value is -2.17. The van der Waals surface area contributed by atoms with E-state index >= 15 is 0 Å². The van der Waals surface area contributed by atoms with E-state index in [9.17, 15) is 4.79 Å². The van der Waals surface area contributed by atoms with Gasteiger partial charge in [-0.25, -0.2) is 14.8 Å². The minimum absolute atomic E-state index is 0.228. The van der Waals surface area contributed by atoms with Gasteiger partial charge in [-0.05, 0) is 18.1 Å². The number of aromatic nitrogens is 2. The molecule has 5 nitrogen and oxygen atoms in total. The Morgan fingerprint density at radius 1 is 1.47 bits per heavy atom. The van der Waals surface area contributed by atoms with Crippen molar-refractivity contribution in [1.29, 1.82) is 0 Å². The molecule has 19 heavy (non-hydrogen) atoms. The van der Waals surface area contributed by atoms with Crippen molar-refractivity contribution < 1.29 is 9.90 Å². The van der Waals surface area contributed by atoms with E-state index in [1.54, 1.807) is 24.4 Å². The Morgan fingerprint density at radius 2 is 2.26 bits per heavy atom. The van der Waals surface area contributed by atoms with Gasteiger partial charge in [0.15, 0.2) is 0 Å². The molecule has 2 N–H and O–H groups in total. The van der Waals surface area contributed by atoms with Crippen LogP contribution in [0.2, 0.25) is 0 Å². The summed E-state index contributed by atoms with van der Waals surface area (Å²) in [5.74, 6) is 0.120. The van der Waals surface area contributed by atoms with E-state index in [-0.39, 0.29) is 5.56 Å². The van der Waals surface area contributed by atoms with Crippen LogP contribution in [0, 0.1) is 5.92 Å². The van der Waals surface area contributed by atoms with Crippen molar-refractivity contribution in [3.63, 3.8) is 0 Å². The Labute approximate surface area is 111 Å². The van der Waals surface area contributed by atoms with Gasteiger partial charge in [0.05, 0.1) is 11.1 Å². The van der Waals surface area contributed by atoms with E-state index < -0.39 is 5.97 Å². The van der Waals surface area contributed by atoms with Crippen molar-refractivity contribution in [2.24, 2.45) is 5.92 Å². The number of hydrogen-bond donors (Lipinski definition) is 2. The Kier molecular flexibility index (Phi) is 3.94. The zero-order chi connectivity index (χ0) is 13.8. The minimum Gasteiger partial charge on any atom is -0.478 e. The second-order valence-corrected chi connectivity index (χ2v) is 4.63. The highest BCUT2D eigenvalue weighted by molar-refractivity contribution is 6.02. The van der Waals surface area contributed by atoms with E-state index in [1.165, 1.54) is 0 Å². The molecule has 5 heteroatoms. The minimum atomic E-state index is -0.963. The maximum atomic E-state index is 11.1. The van der Waals surface area contributed by atoms with Crippen LogP contribution in [0.15, 0.2) is 24.4 Å². The number of carboxylic acid groups (broad SMARTS) is 1. The fourth-order valence-electron chi connectivity index (χ4n) is 1.74. The first kappa shape index (κ1) is 13.3. The average molecular weight is 259 g/mol. The van der Waals surface area contributed by atoms with Crippen molar-refractivity contribution in [2.75, 3.05) is 11.9 Å². The second-order valence-electron chi connectivity index (χ2n) is 4.63. The summed E-state index contributed by atoms with van der Waals surface area (Å²) in [4.78, 5) is 19.6.